The highest BCUT2D eigenvalue weighted by Crippen LogP contribution is 2.18. The quantitative estimate of drug-likeness (QED) is 0.0646. The number of aliphatic hydroxyl groups excluding tert-OH is 10. The molecule has 0 radical (unpaired) electrons. The number of ether oxygens (including phenoxy) is 1. The lowest BCUT2D eigenvalue weighted by molar-refractivity contribution is -0.131. The van der Waals surface area contributed by atoms with Crippen LogP contribution in [0.15, 0.2) is 30.3 Å². The Kier molecular flexibility index (Phi) is 20.4. The van der Waals surface area contributed by atoms with E-state index in [1.54, 1.807) is 6.92 Å². The number of hydrogen-bond acceptors (Lipinski definition) is 14. The molecule has 9 atom stereocenters. The molecule has 0 aromatic heterocycles. The normalized spacial score (nSPS) is 18.6. The molecule has 1 rings (SSSR count). The van der Waals surface area contributed by atoms with Gasteiger partial charge >= 0.3 is 0 Å². The van der Waals surface area contributed by atoms with Crippen molar-refractivity contribution in [3.8, 4) is 0 Å². The summed E-state index contributed by atoms with van der Waals surface area (Å²) >= 11 is 1.16. The van der Waals surface area contributed by atoms with Crippen LogP contribution in [0.1, 0.15) is 12.5 Å². The van der Waals surface area contributed by atoms with E-state index in [9.17, 15) is 45.6 Å². The minimum Gasteiger partial charge on any atom is -0.394 e. The molecule has 10 N–H and O–H groups in total. The highest BCUT2D eigenvalue weighted by molar-refractivity contribution is 8.13. The number of hydrogen-bond donors (Lipinski definition) is 10. The van der Waals surface area contributed by atoms with Gasteiger partial charge in [-0.1, -0.05) is 49.0 Å². The summed E-state index contributed by atoms with van der Waals surface area (Å²) in [5.41, 5.74) is 1.01. The lowest BCUT2D eigenvalue weighted by Crippen LogP contribution is -2.53. The van der Waals surface area contributed by atoms with E-state index >= 15 is 0 Å². The van der Waals surface area contributed by atoms with Crippen molar-refractivity contribution in [1.29, 1.82) is 0 Å². The van der Waals surface area contributed by atoms with Crippen LogP contribution in [0.5, 0.6) is 0 Å². The standard InChI is InChI=1S/C25H43NO12S.ClH/c1-15(25(37)39-14-16-5-3-2-4-6-16)13-38-8-7-26(9-17(29)21(33)23(35)19(31)11-27)10-18(30)22(34)24(36)20(32)12-28;/h2-6,15,17-24,27-36H,7-14H2,1H3;1H/t15?,17-,18-,19+,20+,21+,22+,23+,24+;/m0./s1. The maximum atomic E-state index is 12.4. The zero-order valence-electron chi connectivity index (χ0n) is 22.3. The Bertz CT molecular complexity index is 770. The molecule has 1 unspecified atom stereocenters. The number of nitrogens with zero attached hydrogens (tertiary/aromatic N) is 1. The first kappa shape index (κ1) is 39.0. The van der Waals surface area contributed by atoms with E-state index < -0.39 is 81.1 Å². The first-order chi connectivity index (χ1) is 18.4. The fourth-order valence-corrected chi connectivity index (χ4v) is 4.38. The van der Waals surface area contributed by atoms with Gasteiger partial charge in [-0.15, -0.1) is 12.4 Å². The van der Waals surface area contributed by atoms with Gasteiger partial charge in [0, 0.05) is 31.3 Å². The molecule has 40 heavy (non-hydrogen) atoms. The fraction of sp³-hybridized carbons (Fsp3) is 0.720. The van der Waals surface area contributed by atoms with Gasteiger partial charge in [0.1, 0.15) is 36.6 Å². The molecule has 0 aliphatic rings. The zero-order valence-corrected chi connectivity index (χ0v) is 23.9. The van der Waals surface area contributed by atoms with Crippen molar-refractivity contribution in [3.05, 3.63) is 35.9 Å². The van der Waals surface area contributed by atoms with Crippen LogP contribution in [0.3, 0.4) is 0 Å². The fourth-order valence-electron chi connectivity index (χ4n) is 3.52. The van der Waals surface area contributed by atoms with Gasteiger partial charge in [-0.05, 0) is 5.56 Å². The molecule has 0 aliphatic heterocycles. The van der Waals surface area contributed by atoms with Crippen molar-refractivity contribution >= 4 is 29.3 Å². The van der Waals surface area contributed by atoms with Gasteiger partial charge in [0.15, 0.2) is 5.12 Å². The molecule has 0 amide bonds. The Morgan fingerprint density at radius 1 is 0.800 bits per heavy atom. The molecule has 1 aromatic carbocycles. The highest BCUT2D eigenvalue weighted by Gasteiger charge is 2.34. The molecule has 0 aliphatic carbocycles. The minimum atomic E-state index is -1.88. The van der Waals surface area contributed by atoms with Gasteiger partial charge in [0.05, 0.1) is 38.6 Å². The molecule has 0 bridgehead atoms. The maximum absolute atomic E-state index is 12.4. The van der Waals surface area contributed by atoms with Gasteiger partial charge in [-0.3, -0.25) is 9.69 Å². The van der Waals surface area contributed by atoms with Gasteiger partial charge in [0.2, 0.25) is 0 Å². The van der Waals surface area contributed by atoms with Crippen molar-refractivity contribution in [1.82, 2.24) is 4.90 Å². The number of carbonyl (C=O) groups excluding carboxylic acids is 1. The smallest absolute Gasteiger partial charge is 0.194 e. The molecule has 13 nitrogen and oxygen atoms in total. The summed E-state index contributed by atoms with van der Waals surface area (Å²) in [7, 11) is 0. The number of aliphatic hydroxyl groups is 10. The monoisotopic (exact) mass is 617 g/mol. The predicted octanol–water partition coefficient (Wildman–Crippen LogP) is -3.31. The van der Waals surface area contributed by atoms with E-state index in [2.05, 4.69) is 0 Å². The largest absolute Gasteiger partial charge is 0.394 e. The van der Waals surface area contributed by atoms with Crippen molar-refractivity contribution in [2.24, 2.45) is 5.92 Å². The predicted molar refractivity (Wildman–Crippen MR) is 149 cm³/mol. The van der Waals surface area contributed by atoms with Crippen LogP contribution in [0.25, 0.3) is 0 Å². The molecule has 234 valence electrons. The third-order valence-corrected chi connectivity index (χ3v) is 7.25. The van der Waals surface area contributed by atoms with Crippen LogP contribution < -0.4 is 0 Å². The van der Waals surface area contributed by atoms with Crippen LogP contribution >= 0.6 is 24.2 Å². The van der Waals surface area contributed by atoms with Crippen LogP contribution in [-0.2, 0) is 15.3 Å². The minimum absolute atomic E-state index is 0. The number of rotatable bonds is 20. The van der Waals surface area contributed by atoms with Crippen LogP contribution in [0.2, 0.25) is 0 Å². The van der Waals surface area contributed by atoms with E-state index in [1.165, 1.54) is 4.90 Å². The number of carbonyl (C=O) groups is 1. The van der Waals surface area contributed by atoms with Crippen LogP contribution in [0.4, 0.5) is 0 Å². The van der Waals surface area contributed by atoms with Gasteiger partial charge in [-0.2, -0.15) is 0 Å². The van der Waals surface area contributed by atoms with Crippen molar-refractivity contribution in [3.63, 3.8) is 0 Å². The summed E-state index contributed by atoms with van der Waals surface area (Å²) < 4.78 is 5.58. The molecule has 0 saturated heterocycles. The maximum Gasteiger partial charge on any atom is 0.194 e. The summed E-state index contributed by atoms with van der Waals surface area (Å²) in [6.07, 6.45) is -14.3. The van der Waals surface area contributed by atoms with Gasteiger partial charge in [-0.25, -0.2) is 0 Å². The SMILES string of the molecule is CC(COCCN(C[C@H](O)[C@@H](O)[C@H](O)[C@H](O)CO)C[C@H](O)[C@@H](O)[C@H](O)[C@H](O)CO)C(=O)SCc1ccccc1.Cl. The third kappa shape index (κ3) is 13.8. The van der Waals surface area contributed by atoms with Crippen molar-refractivity contribution in [2.75, 3.05) is 46.1 Å². The Morgan fingerprint density at radius 2 is 1.25 bits per heavy atom. The summed E-state index contributed by atoms with van der Waals surface area (Å²) in [6, 6.07) is 9.49. The van der Waals surface area contributed by atoms with E-state index in [4.69, 9.17) is 14.9 Å². The first-order valence-corrected chi connectivity index (χ1v) is 13.6. The second-order valence-electron chi connectivity index (χ2n) is 9.43. The summed E-state index contributed by atoms with van der Waals surface area (Å²) in [4.78, 5) is 13.7. The van der Waals surface area contributed by atoms with E-state index in [0.717, 1.165) is 17.3 Å². The van der Waals surface area contributed by atoms with Crippen LogP contribution in [-0.4, -0.2) is 156 Å². The Balaban J connectivity index is 0.0000152. The summed E-state index contributed by atoms with van der Waals surface area (Å²) in [6.45, 7) is -0.738. The Labute approximate surface area is 244 Å². The first-order valence-electron chi connectivity index (χ1n) is 12.6. The third-order valence-electron chi connectivity index (χ3n) is 6.09. The lowest BCUT2D eigenvalue weighted by atomic mass is 10.0. The van der Waals surface area contributed by atoms with Crippen molar-refractivity contribution < 1.29 is 60.6 Å². The van der Waals surface area contributed by atoms with Crippen LogP contribution in [0, 0.1) is 5.92 Å². The molecule has 0 heterocycles. The molecular formula is C25H44ClNO12S. The average Bonchev–Trinajstić information content (AvgIpc) is 2.95. The van der Waals surface area contributed by atoms with E-state index in [1.807, 2.05) is 30.3 Å². The average molecular weight is 618 g/mol. The second kappa shape index (κ2) is 20.9. The number of benzene rings is 1. The number of halogens is 1. The molecule has 0 fully saturated rings. The van der Waals surface area contributed by atoms with E-state index in [0.29, 0.717) is 5.75 Å². The zero-order chi connectivity index (χ0) is 29.5. The summed E-state index contributed by atoms with van der Waals surface area (Å²) in [5.74, 6) is 0.0866. The molecule has 15 heteroatoms. The molecular weight excluding hydrogens is 574 g/mol. The summed E-state index contributed by atoms with van der Waals surface area (Å²) in [5, 5.41) is 97.6. The van der Waals surface area contributed by atoms with Crippen molar-refractivity contribution in [2.45, 2.75) is 61.5 Å². The lowest BCUT2D eigenvalue weighted by Gasteiger charge is -2.33. The topological polar surface area (TPSA) is 232 Å². The highest BCUT2D eigenvalue weighted by atomic mass is 35.5. The molecule has 1 aromatic rings. The van der Waals surface area contributed by atoms with Gasteiger partial charge in [0.25, 0.3) is 0 Å². The van der Waals surface area contributed by atoms with Gasteiger partial charge < -0.3 is 55.8 Å². The second-order valence-corrected chi connectivity index (χ2v) is 10.4. The molecule has 0 spiro atoms. The molecule has 0 saturated carbocycles. The Hall–Kier alpha value is -0.950. The number of thioether (sulfide) groups is 1. The van der Waals surface area contributed by atoms with E-state index in [-0.39, 0.29) is 37.3 Å². The Morgan fingerprint density at radius 3 is 1.70 bits per heavy atom.